The highest BCUT2D eigenvalue weighted by molar-refractivity contribution is 6.31. The number of hydrogen-bond acceptors (Lipinski definition) is 12. The van der Waals surface area contributed by atoms with Crippen LogP contribution in [-0.4, -0.2) is 138 Å². The minimum absolute atomic E-state index is 0.0712. The third-order valence-electron chi connectivity index (χ3n) is 8.53. The molecule has 1 amide bonds. The average molecular weight is 771 g/mol. The third-order valence-corrected chi connectivity index (χ3v) is 8.77. The molecule has 16 heteroatoms. The number of hydrogen-bond donors (Lipinski definition) is 3. The molecule has 1 aliphatic heterocycles. The quantitative estimate of drug-likeness (QED) is 0.0613. The largest absolute Gasteiger partial charge is 0.379 e. The molecular weight excluding hydrogens is 716 g/mol. The summed E-state index contributed by atoms with van der Waals surface area (Å²) < 4.78 is 27.8. The number of nitrogens with two attached hydrogens (primary N) is 2. The van der Waals surface area contributed by atoms with Crippen LogP contribution in [0.15, 0.2) is 47.5 Å². The summed E-state index contributed by atoms with van der Waals surface area (Å²) in [5, 5.41) is 4.08. The summed E-state index contributed by atoms with van der Waals surface area (Å²) in [5.41, 5.74) is 14.7. The van der Waals surface area contributed by atoms with E-state index in [1.807, 2.05) is 12.1 Å². The summed E-state index contributed by atoms with van der Waals surface area (Å²) >= 11 is 6.29. The zero-order valence-electron chi connectivity index (χ0n) is 31.3. The molecule has 0 saturated carbocycles. The smallest absolute Gasteiger partial charge is 0.253 e. The molecule has 0 aliphatic carbocycles. The standard InChI is InChI=1S/C38H55ClN8O7/c1-29(48)42-12-20-52-24-22-50-18-2-4-33(49)5-3-19-51-23-26-54-27-25-53-21-17-46-13-15-47(16-14-46)32-9-6-30(7-10-32)36-34-28-31(39)8-11-35(34)43-38(44-36)45-37(40)41/h6-11,28H,2-5,12-27H2,1H3,(H,42,48)(H4,40,41,43,44,45). The van der Waals surface area contributed by atoms with Crippen molar-refractivity contribution in [3.63, 3.8) is 0 Å². The van der Waals surface area contributed by atoms with Gasteiger partial charge in [0.05, 0.1) is 64.1 Å². The Balaban J connectivity index is 0.978. The number of aromatic nitrogens is 2. The van der Waals surface area contributed by atoms with E-state index >= 15 is 0 Å². The van der Waals surface area contributed by atoms with Gasteiger partial charge in [0.15, 0.2) is 5.96 Å². The Kier molecular flexibility index (Phi) is 19.4. The maximum atomic E-state index is 12.0. The van der Waals surface area contributed by atoms with Crippen LogP contribution in [0.5, 0.6) is 0 Å². The van der Waals surface area contributed by atoms with E-state index in [0.29, 0.717) is 115 Å². The highest BCUT2D eigenvalue weighted by atomic mass is 35.5. The molecule has 1 aromatic heterocycles. The SMILES string of the molecule is CC(=O)NCCOCCOCCCC(=O)CCCOCCOCCOCCN1CCN(c2ccc(-c3nc(N=C(N)N)nc4ccc(Cl)cc34)cc2)CC1. The minimum atomic E-state index is -0.103. The van der Waals surface area contributed by atoms with Crippen LogP contribution in [-0.2, 0) is 33.3 Å². The molecule has 1 aliphatic rings. The van der Waals surface area contributed by atoms with Crippen molar-refractivity contribution < 1.29 is 33.3 Å². The number of halogens is 1. The molecule has 15 nitrogen and oxygen atoms in total. The summed E-state index contributed by atoms with van der Waals surface area (Å²) in [4.78, 5) is 40.7. The zero-order chi connectivity index (χ0) is 38.4. The average Bonchev–Trinajstić information content (AvgIpc) is 3.16. The van der Waals surface area contributed by atoms with E-state index in [9.17, 15) is 9.59 Å². The number of guanidine groups is 1. The second-order valence-corrected chi connectivity index (χ2v) is 13.2. The first-order valence-electron chi connectivity index (χ1n) is 18.6. The summed E-state index contributed by atoms with van der Waals surface area (Å²) in [6, 6.07) is 13.8. The number of ether oxygens (including phenoxy) is 5. The lowest BCUT2D eigenvalue weighted by molar-refractivity contribution is -0.120. The monoisotopic (exact) mass is 770 g/mol. The number of benzene rings is 2. The first kappa shape index (κ1) is 42.8. The van der Waals surface area contributed by atoms with Gasteiger partial charge in [0, 0.05) is 93.9 Å². The van der Waals surface area contributed by atoms with Crippen molar-refractivity contribution in [3.8, 4) is 11.3 Å². The van der Waals surface area contributed by atoms with Gasteiger partial charge >= 0.3 is 0 Å². The van der Waals surface area contributed by atoms with Gasteiger partial charge in [-0.15, -0.1) is 0 Å². The van der Waals surface area contributed by atoms with Crippen molar-refractivity contribution in [2.45, 2.75) is 32.6 Å². The summed E-state index contributed by atoms with van der Waals surface area (Å²) in [5.74, 6) is 0.245. The van der Waals surface area contributed by atoms with Gasteiger partial charge in [-0.1, -0.05) is 23.7 Å². The van der Waals surface area contributed by atoms with Crippen LogP contribution in [0, 0.1) is 0 Å². The van der Waals surface area contributed by atoms with Crippen LogP contribution in [0.4, 0.5) is 11.6 Å². The molecular formula is C38H55ClN8O7. The van der Waals surface area contributed by atoms with Crippen molar-refractivity contribution in [1.29, 1.82) is 0 Å². The molecule has 2 heterocycles. The van der Waals surface area contributed by atoms with E-state index in [4.69, 9.17) is 46.8 Å². The Bertz CT molecular complexity index is 1600. The van der Waals surface area contributed by atoms with Gasteiger partial charge in [0.2, 0.25) is 5.91 Å². The van der Waals surface area contributed by atoms with Gasteiger partial charge in [-0.2, -0.15) is 4.99 Å². The predicted octanol–water partition coefficient (Wildman–Crippen LogP) is 3.33. The number of ketones is 1. The Morgan fingerprint density at radius 3 is 1.98 bits per heavy atom. The van der Waals surface area contributed by atoms with Crippen LogP contribution >= 0.6 is 11.6 Å². The summed E-state index contributed by atoms with van der Waals surface area (Å²) in [7, 11) is 0. The number of nitrogens with one attached hydrogen (secondary N) is 1. The molecule has 0 unspecified atom stereocenters. The number of carbonyl (C=O) groups excluding carboxylic acids is 2. The molecule has 1 saturated heterocycles. The van der Waals surface area contributed by atoms with Gasteiger partial charge in [-0.25, -0.2) is 9.97 Å². The zero-order valence-corrected chi connectivity index (χ0v) is 32.1. The molecule has 4 rings (SSSR count). The molecule has 0 bridgehead atoms. The number of nitrogens with zero attached hydrogens (tertiary/aromatic N) is 5. The van der Waals surface area contributed by atoms with Gasteiger partial charge in [-0.3, -0.25) is 14.5 Å². The van der Waals surface area contributed by atoms with Gasteiger partial charge in [-0.05, 0) is 43.2 Å². The Morgan fingerprint density at radius 1 is 0.778 bits per heavy atom. The van der Waals surface area contributed by atoms with Crippen LogP contribution < -0.4 is 21.7 Å². The molecule has 0 radical (unpaired) electrons. The molecule has 2 aromatic carbocycles. The van der Waals surface area contributed by atoms with Crippen molar-refractivity contribution in [1.82, 2.24) is 20.2 Å². The lowest BCUT2D eigenvalue weighted by atomic mass is 10.1. The van der Waals surface area contributed by atoms with Gasteiger partial charge in [0.25, 0.3) is 5.95 Å². The Morgan fingerprint density at radius 2 is 1.37 bits per heavy atom. The molecule has 296 valence electrons. The summed E-state index contributed by atoms with van der Waals surface area (Å²) in [6.07, 6.45) is 2.41. The van der Waals surface area contributed by atoms with E-state index in [0.717, 1.165) is 49.4 Å². The van der Waals surface area contributed by atoms with E-state index in [2.05, 4.69) is 54.3 Å². The number of anilines is 1. The highest BCUT2D eigenvalue weighted by Gasteiger charge is 2.18. The Labute approximate surface area is 322 Å². The maximum absolute atomic E-state index is 12.0. The molecule has 54 heavy (non-hydrogen) atoms. The van der Waals surface area contributed by atoms with Crippen LogP contribution in [0.1, 0.15) is 32.6 Å². The number of rotatable bonds is 26. The molecule has 1 fully saturated rings. The van der Waals surface area contributed by atoms with Crippen LogP contribution in [0.25, 0.3) is 22.2 Å². The van der Waals surface area contributed by atoms with Gasteiger partial charge in [0.1, 0.15) is 5.78 Å². The maximum Gasteiger partial charge on any atom is 0.253 e. The van der Waals surface area contributed by atoms with Crippen molar-refractivity contribution >= 4 is 51.8 Å². The first-order chi connectivity index (χ1) is 26.3. The molecule has 0 atom stereocenters. The molecule has 3 aromatic rings. The lowest BCUT2D eigenvalue weighted by Crippen LogP contribution is -2.47. The topological polar surface area (TPSA) is 189 Å². The van der Waals surface area contributed by atoms with Crippen LogP contribution in [0.2, 0.25) is 5.02 Å². The number of piperazine rings is 1. The normalized spacial score (nSPS) is 13.3. The van der Waals surface area contributed by atoms with E-state index in [1.54, 1.807) is 6.07 Å². The number of fused-ring (bicyclic) bond motifs is 1. The molecule has 5 N–H and O–H groups in total. The van der Waals surface area contributed by atoms with E-state index in [1.165, 1.54) is 6.92 Å². The second kappa shape index (κ2) is 24.4. The van der Waals surface area contributed by atoms with Crippen molar-refractivity contribution in [3.05, 3.63) is 47.5 Å². The van der Waals surface area contributed by atoms with Crippen molar-refractivity contribution in [2.75, 3.05) is 110 Å². The fourth-order valence-corrected chi connectivity index (χ4v) is 5.93. The fraction of sp³-hybridized carbons (Fsp3) is 0.553. The van der Waals surface area contributed by atoms with Crippen molar-refractivity contribution in [2.24, 2.45) is 16.5 Å². The molecule has 0 spiro atoms. The third kappa shape index (κ3) is 16.2. The van der Waals surface area contributed by atoms with E-state index < -0.39 is 0 Å². The van der Waals surface area contributed by atoms with E-state index in [-0.39, 0.29) is 23.6 Å². The number of Topliss-reactive ketones (excluding diaryl/α,β-unsaturated/α-hetero) is 1. The number of aliphatic imine (C=N–C) groups is 1. The predicted molar refractivity (Wildman–Crippen MR) is 210 cm³/mol. The second-order valence-electron chi connectivity index (χ2n) is 12.7. The lowest BCUT2D eigenvalue weighted by Gasteiger charge is -2.36. The number of carbonyl (C=O) groups is 2. The summed E-state index contributed by atoms with van der Waals surface area (Å²) in [6.45, 7) is 11.8. The van der Waals surface area contributed by atoms with Gasteiger partial charge < -0.3 is 45.4 Å². The fourth-order valence-electron chi connectivity index (χ4n) is 5.76. The Hall–Kier alpha value is -3.96. The highest BCUT2D eigenvalue weighted by Crippen LogP contribution is 2.31. The number of amides is 1. The first-order valence-corrected chi connectivity index (χ1v) is 19.0. The van der Waals surface area contributed by atoms with Crippen LogP contribution in [0.3, 0.4) is 0 Å². The minimum Gasteiger partial charge on any atom is -0.379 e.